The Labute approximate surface area is 274 Å². The number of nitrogens with zero attached hydrogens (tertiary/aromatic N) is 2. The van der Waals surface area contributed by atoms with Gasteiger partial charge in [-0.05, 0) is 95.8 Å². The summed E-state index contributed by atoms with van der Waals surface area (Å²) in [5, 5.41) is 16.9. The summed E-state index contributed by atoms with van der Waals surface area (Å²) in [6, 6.07) is 9.69. The molecule has 47 heavy (non-hydrogen) atoms. The highest BCUT2D eigenvalue weighted by Gasteiger charge is 2.42. The van der Waals surface area contributed by atoms with Gasteiger partial charge in [-0.2, -0.15) is 0 Å². The van der Waals surface area contributed by atoms with Crippen LogP contribution in [0.5, 0.6) is 0 Å². The molecule has 5 N–H and O–H groups in total. The number of alkyl carbamates (subject to hydrolysis) is 1. The van der Waals surface area contributed by atoms with Crippen molar-refractivity contribution >= 4 is 46.3 Å². The molecule has 0 saturated carbocycles. The number of amidine groups is 1. The van der Waals surface area contributed by atoms with Crippen LogP contribution in [0.25, 0.3) is 11.0 Å². The fourth-order valence-corrected chi connectivity index (χ4v) is 5.78. The Hall–Kier alpha value is -4.78. The number of imidazole rings is 1. The molecular weight excluding hydrogens is 602 g/mol. The van der Waals surface area contributed by atoms with Crippen molar-refractivity contribution in [3.63, 3.8) is 0 Å². The second kappa shape index (κ2) is 15.2. The van der Waals surface area contributed by atoms with E-state index in [1.807, 2.05) is 30.9 Å². The van der Waals surface area contributed by atoms with Gasteiger partial charge < -0.3 is 24.7 Å². The van der Waals surface area contributed by atoms with E-state index in [1.54, 1.807) is 45.0 Å². The summed E-state index contributed by atoms with van der Waals surface area (Å²) in [7, 11) is 0. The van der Waals surface area contributed by atoms with Crippen LogP contribution in [0.2, 0.25) is 0 Å². The molecule has 2 unspecified atom stereocenters. The van der Waals surface area contributed by atoms with Gasteiger partial charge in [0.1, 0.15) is 11.7 Å². The summed E-state index contributed by atoms with van der Waals surface area (Å²) < 4.78 is 10.1. The number of benzene rings is 2. The number of anilines is 1. The lowest BCUT2D eigenvalue weighted by molar-refractivity contribution is -0.149. The summed E-state index contributed by atoms with van der Waals surface area (Å²) >= 11 is 0. The largest absolute Gasteiger partial charge is 0.464 e. The standard InChI is InChI=1S/C34H45N7O6/c1-7-46-31(43)29(22(5)42)37-19-34(6,32(44)41-16-8-9-17-41)25-14-15-26-28(21(25)4)39-27(38-26)18-36-24-12-10-23(11-13-24)30(35)40-33(45)47-20(2)3/h10-15,20,29,36-37H,7-9,16-19H2,1-6H3,(H,38,39)(H2,35,40,45). The van der Waals surface area contributed by atoms with E-state index in [0.29, 0.717) is 31.0 Å². The number of Topliss-reactive ketones (excluding diaryl/α,β-unsaturated/α-hetero) is 1. The Balaban J connectivity index is 1.53. The van der Waals surface area contributed by atoms with Gasteiger partial charge in [-0.25, -0.2) is 14.6 Å². The fraction of sp³-hybridized carbons (Fsp3) is 0.471. The minimum atomic E-state index is -1.18. The van der Waals surface area contributed by atoms with E-state index in [1.165, 1.54) is 6.92 Å². The molecular formula is C34H45N7O6. The third-order valence-corrected chi connectivity index (χ3v) is 8.21. The third kappa shape index (κ3) is 8.33. The molecule has 0 bridgehead atoms. The zero-order valence-electron chi connectivity index (χ0n) is 27.9. The minimum absolute atomic E-state index is 0.0540. The molecule has 13 nitrogen and oxygen atoms in total. The molecule has 1 saturated heterocycles. The first-order chi connectivity index (χ1) is 22.3. The van der Waals surface area contributed by atoms with Crippen LogP contribution < -0.4 is 16.0 Å². The van der Waals surface area contributed by atoms with Gasteiger partial charge in [-0.15, -0.1) is 0 Å². The maximum Gasteiger partial charge on any atom is 0.413 e. The van der Waals surface area contributed by atoms with E-state index in [4.69, 9.17) is 19.9 Å². The average Bonchev–Trinajstić information content (AvgIpc) is 3.70. The van der Waals surface area contributed by atoms with Crippen LogP contribution in [0.15, 0.2) is 36.4 Å². The monoisotopic (exact) mass is 647 g/mol. The van der Waals surface area contributed by atoms with Gasteiger partial charge in [-0.1, -0.05) is 6.07 Å². The van der Waals surface area contributed by atoms with Gasteiger partial charge in [0.15, 0.2) is 11.8 Å². The number of rotatable bonds is 13. The van der Waals surface area contributed by atoms with Crippen molar-refractivity contribution in [3.8, 4) is 0 Å². The number of esters is 1. The summed E-state index contributed by atoms with van der Waals surface area (Å²) in [4.78, 5) is 60.8. The van der Waals surface area contributed by atoms with Crippen molar-refractivity contribution in [2.24, 2.45) is 0 Å². The number of amides is 2. The van der Waals surface area contributed by atoms with Gasteiger partial charge >= 0.3 is 12.1 Å². The molecule has 1 aromatic heterocycles. The molecule has 3 aromatic rings. The lowest BCUT2D eigenvalue weighted by Crippen LogP contribution is -2.54. The molecule has 1 aliphatic heterocycles. The normalized spacial score (nSPS) is 14.8. The molecule has 0 spiro atoms. The number of hydrogen-bond donors (Lipinski definition) is 5. The number of carbonyl (C=O) groups is 4. The SMILES string of the molecule is CCOC(=O)C(NCC(C)(C(=O)N1CCCC1)c1ccc2[nH]c(CNc3ccc(C(=N)NC(=O)OC(C)C)cc3)nc2c1C)C(C)=O. The highest BCUT2D eigenvalue weighted by atomic mass is 16.6. The first-order valence-corrected chi connectivity index (χ1v) is 15.9. The fourth-order valence-electron chi connectivity index (χ4n) is 5.78. The number of fused-ring (bicyclic) bond motifs is 1. The highest BCUT2D eigenvalue weighted by Crippen LogP contribution is 2.33. The van der Waals surface area contributed by atoms with Gasteiger partial charge in [0, 0.05) is 30.9 Å². The van der Waals surface area contributed by atoms with Crippen LogP contribution >= 0.6 is 0 Å². The zero-order valence-corrected chi connectivity index (χ0v) is 27.9. The van der Waals surface area contributed by atoms with Crippen LogP contribution in [-0.2, 0) is 35.8 Å². The number of ether oxygens (including phenoxy) is 2. The van der Waals surface area contributed by atoms with Gasteiger partial charge in [0.25, 0.3) is 0 Å². The lowest BCUT2D eigenvalue weighted by atomic mass is 9.78. The Morgan fingerprint density at radius 1 is 1.09 bits per heavy atom. The van der Waals surface area contributed by atoms with Crippen molar-refractivity contribution in [1.29, 1.82) is 5.41 Å². The molecule has 252 valence electrons. The first-order valence-electron chi connectivity index (χ1n) is 15.9. The number of aryl methyl sites for hydroxylation is 1. The Bertz CT molecular complexity index is 1630. The van der Waals surface area contributed by atoms with Crippen molar-refractivity contribution < 1.29 is 28.7 Å². The lowest BCUT2D eigenvalue weighted by Gasteiger charge is -2.35. The van der Waals surface area contributed by atoms with E-state index < -0.39 is 23.5 Å². The summed E-state index contributed by atoms with van der Waals surface area (Å²) in [6.45, 7) is 12.1. The zero-order chi connectivity index (χ0) is 34.3. The highest BCUT2D eigenvalue weighted by molar-refractivity contribution is 6.04. The van der Waals surface area contributed by atoms with E-state index in [2.05, 4.69) is 20.9 Å². The van der Waals surface area contributed by atoms with Gasteiger partial charge in [0.2, 0.25) is 5.91 Å². The summed E-state index contributed by atoms with van der Waals surface area (Å²) in [5.41, 5.74) is 3.34. The molecule has 4 rings (SSSR count). The third-order valence-electron chi connectivity index (χ3n) is 8.21. The van der Waals surface area contributed by atoms with Crippen LogP contribution in [-0.4, -0.2) is 82.8 Å². The van der Waals surface area contributed by atoms with Crippen LogP contribution in [0.4, 0.5) is 10.5 Å². The van der Waals surface area contributed by atoms with Crippen LogP contribution in [0.3, 0.4) is 0 Å². The number of ketones is 1. The predicted octanol–water partition coefficient (Wildman–Crippen LogP) is 3.93. The number of carbonyl (C=O) groups excluding carboxylic acids is 4. The quantitative estimate of drug-likeness (QED) is 0.0796. The maximum atomic E-state index is 14.1. The van der Waals surface area contributed by atoms with Crippen LogP contribution in [0, 0.1) is 12.3 Å². The van der Waals surface area contributed by atoms with Gasteiger partial charge in [0.05, 0.1) is 35.7 Å². The molecule has 1 fully saturated rings. The first kappa shape index (κ1) is 35.1. The topological polar surface area (TPSA) is 179 Å². The second-order valence-electron chi connectivity index (χ2n) is 12.2. The number of likely N-dealkylation sites (tertiary alicyclic amines) is 1. The molecule has 13 heteroatoms. The second-order valence-corrected chi connectivity index (χ2v) is 12.2. The van der Waals surface area contributed by atoms with Crippen LogP contribution in [0.1, 0.15) is 70.0 Å². The number of aromatic nitrogens is 2. The number of nitrogens with one attached hydrogen (secondary N) is 5. The van der Waals surface area contributed by atoms with Crippen molar-refractivity contribution in [1.82, 2.24) is 25.5 Å². The maximum absolute atomic E-state index is 14.1. The number of H-pyrrole nitrogens is 1. The smallest absolute Gasteiger partial charge is 0.413 e. The van der Waals surface area contributed by atoms with Crippen molar-refractivity contribution in [2.45, 2.75) is 78.5 Å². The Morgan fingerprint density at radius 2 is 1.77 bits per heavy atom. The molecule has 1 aliphatic rings. The van der Waals surface area contributed by atoms with E-state index in [-0.39, 0.29) is 36.8 Å². The van der Waals surface area contributed by atoms with E-state index in [0.717, 1.165) is 40.7 Å². The molecule has 2 heterocycles. The average molecular weight is 648 g/mol. The van der Waals surface area contributed by atoms with Crippen molar-refractivity contribution in [3.05, 3.63) is 58.9 Å². The summed E-state index contributed by atoms with van der Waals surface area (Å²) in [5.74, 6) is -0.499. The van der Waals surface area contributed by atoms with Crippen molar-refractivity contribution in [2.75, 3.05) is 31.6 Å². The summed E-state index contributed by atoms with van der Waals surface area (Å²) in [6.07, 6.45) is 0.892. The van der Waals surface area contributed by atoms with Gasteiger partial charge in [-0.3, -0.25) is 25.6 Å². The van der Waals surface area contributed by atoms with E-state index in [9.17, 15) is 19.2 Å². The number of aromatic amines is 1. The molecule has 0 radical (unpaired) electrons. The molecule has 2 amide bonds. The minimum Gasteiger partial charge on any atom is -0.464 e. The molecule has 0 aliphatic carbocycles. The molecule has 2 atom stereocenters. The Morgan fingerprint density at radius 3 is 2.38 bits per heavy atom. The molecule has 2 aromatic carbocycles. The predicted molar refractivity (Wildman–Crippen MR) is 178 cm³/mol. The Kier molecular flexibility index (Phi) is 11.3. The number of hydrogen-bond acceptors (Lipinski definition) is 10. The van der Waals surface area contributed by atoms with E-state index >= 15 is 0 Å².